The third kappa shape index (κ3) is 2.06. The van der Waals surface area contributed by atoms with Crippen LogP contribution in [0.15, 0.2) is 24.5 Å². The highest BCUT2D eigenvalue weighted by atomic mass is 16.5. The lowest BCUT2D eigenvalue weighted by molar-refractivity contribution is 0.0587. The Balaban J connectivity index is 2.47. The standard InChI is InChI=1S/C12H10N4O2/c1-8-3-4-10(9(5-8)6-13)16-7-14-11(15-16)12(17)18-2/h3-5,7H,1-2H3. The molecule has 1 heterocycles. The van der Waals surface area contributed by atoms with E-state index in [4.69, 9.17) is 5.26 Å². The summed E-state index contributed by atoms with van der Waals surface area (Å²) in [6, 6.07) is 7.44. The third-order valence-electron chi connectivity index (χ3n) is 2.38. The molecule has 0 atom stereocenters. The van der Waals surface area contributed by atoms with Gasteiger partial charge in [0.15, 0.2) is 0 Å². The van der Waals surface area contributed by atoms with E-state index in [1.54, 1.807) is 12.1 Å². The lowest BCUT2D eigenvalue weighted by atomic mass is 10.1. The van der Waals surface area contributed by atoms with Gasteiger partial charge in [0, 0.05) is 0 Å². The fourth-order valence-corrected chi connectivity index (χ4v) is 1.50. The van der Waals surface area contributed by atoms with Gasteiger partial charge in [-0.2, -0.15) is 5.26 Å². The molecule has 0 amide bonds. The molecule has 0 aliphatic rings. The summed E-state index contributed by atoms with van der Waals surface area (Å²) < 4.78 is 5.90. The number of ether oxygens (including phenoxy) is 1. The molecule has 6 heteroatoms. The van der Waals surface area contributed by atoms with Crippen molar-refractivity contribution in [2.75, 3.05) is 7.11 Å². The van der Waals surface area contributed by atoms with Crippen molar-refractivity contribution in [3.05, 3.63) is 41.5 Å². The van der Waals surface area contributed by atoms with E-state index >= 15 is 0 Å². The number of nitriles is 1. The van der Waals surface area contributed by atoms with Crippen molar-refractivity contribution in [3.8, 4) is 11.8 Å². The lowest BCUT2D eigenvalue weighted by Gasteiger charge is -2.03. The largest absolute Gasteiger partial charge is 0.463 e. The second-order valence-corrected chi connectivity index (χ2v) is 3.64. The number of methoxy groups -OCH3 is 1. The predicted octanol–water partition coefficient (Wildman–Crippen LogP) is 1.23. The number of nitrogens with zero attached hydrogens (tertiary/aromatic N) is 4. The van der Waals surface area contributed by atoms with Gasteiger partial charge in [0.05, 0.1) is 18.4 Å². The molecule has 90 valence electrons. The Labute approximate surface area is 103 Å². The zero-order chi connectivity index (χ0) is 13.1. The smallest absolute Gasteiger partial charge is 0.377 e. The normalized spacial score (nSPS) is 9.83. The average molecular weight is 242 g/mol. The van der Waals surface area contributed by atoms with Gasteiger partial charge in [0.1, 0.15) is 12.4 Å². The SMILES string of the molecule is COC(=O)c1ncn(-c2ccc(C)cc2C#N)n1. The first kappa shape index (κ1) is 11.8. The predicted molar refractivity (Wildman–Crippen MR) is 62.2 cm³/mol. The summed E-state index contributed by atoms with van der Waals surface area (Å²) in [5.41, 5.74) is 2.02. The molecule has 0 aliphatic carbocycles. The summed E-state index contributed by atoms with van der Waals surface area (Å²) >= 11 is 0. The van der Waals surface area contributed by atoms with Gasteiger partial charge in [0.2, 0.25) is 0 Å². The molecule has 2 aromatic rings. The van der Waals surface area contributed by atoms with Crippen LogP contribution < -0.4 is 0 Å². The Hall–Kier alpha value is -2.68. The summed E-state index contributed by atoms with van der Waals surface area (Å²) in [4.78, 5) is 15.1. The van der Waals surface area contributed by atoms with Crippen LogP contribution in [0.2, 0.25) is 0 Å². The van der Waals surface area contributed by atoms with E-state index in [1.807, 2.05) is 13.0 Å². The minimum atomic E-state index is -0.612. The minimum absolute atomic E-state index is 0.0398. The van der Waals surface area contributed by atoms with Gasteiger partial charge in [-0.3, -0.25) is 0 Å². The fraction of sp³-hybridized carbons (Fsp3) is 0.167. The summed E-state index contributed by atoms with van der Waals surface area (Å²) in [6.07, 6.45) is 1.37. The number of hydrogen-bond acceptors (Lipinski definition) is 5. The molecule has 0 aliphatic heterocycles. The number of carbonyl (C=O) groups excluding carboxylic acids is 1. The molecule has 18 heavy (non-hydrogen) atoms. The lowest BCUT2D eigenvalue weighted by Crippen LogP contribution is -2.05. The van der Waals surface area contributed by atoms with Gasteiger partial charge >= 0.3 is 5.97 Å². The van der Waals surface area contributed by atoms with E-state index in [0.717, 1.165) is 5.56 Å². The van der Waals surface area contributed by atoms with Crippen LogP contribution in [0.3, 0.4) is 0 Å². The van der Waals surface area contributed by atoms with E-state index < -0.39 is 5.97 Å². The van der Waals surface area contributed by atoms with E-state index in [9.17, 15) is 4.79 Å². The molecule has 2 rings (SSSR count). The second kappa shape index (κ2) is 4.67. The molecule has 0 N–H and O–H groups in total. The van der Waals surface area contributed by atoms with Crippen LogP contribution in [0, 0.1) is 18.3 Å². The van der Waals surface area contributed by atoms with Crippen molar-refractivity contribution in [2.24, 2.45) is 0 Å². The van der Waals surface area contributed by atoms with Crippen molar-refractivity contribution in [3.63, 3.8) is 0 Å². The average Bonchev–Trinajstić information content (AvgIpc) is 2.87. The highest BCUT2D eigenvalue weighted by molar-refractivity contribution is 5.84. The van der Waals surface area contributed by atoms with E-state index in [2.05, 4.69) is 20.9 Å². The molecule has 0 unspecified atom stereocenters. The van der Waals surface area contributed by atoms with Gasteiger partial charge in [-0.1, -0.05) is 6.07 Å². The van der Waals surface area contributed by atoms with Gasteiger partial charge < -0.3 is 4.74 Å². The molecule has 0 bridgehead atoms. The summed E-state index contributed by atoms with van der Waals surface area (Å²) in [5, 5.41) is 13.0. The maximum Gasteiger partial charge on any atom is 0.377 e. The van der Waals surface area contributed by atoms with Gasteiger partial charge in [-0.25, -0.2) is 14.5 Å². The summed E-state index contributed by atoms with van der Waals surface area (Å²) in [5.74, 6) is -0.652. The van der Waals surface area contributed by atoms with Crippen LogP contribution in [-0.2, 0) is 4.74 Å². The van der Waals surface area contributed by atoms with Crippen molar-refractivity contribution in [1.82, 2.24) is 14.8 Å². The molecule has 1 aromatic carbocycles. The van der Waals surface area contributed by atoms with Crippen molar-refractivity contribution < 1.29 is 9.53 Å². The molecule has 0 fully saturated rings. The van der Waals surface area contributed by atoms with Gasteiger partial charge in [-0.15, -0.1) is 5.10 Å². The number of esters is 1. The van der Waals surface area contributed by atoms with Gasteiger partial charge in [-0.05, 0) is 24.6 Å². The Morgan fingerprint density at radius 3 is 2.94 bits per heavy atom. The Bertz CT molecular complexity index is 640. The van der Waals surface area contributed by atoms with Crippen LogP contribution in [0.1, 0.15) is 21.7 Å². The van der Waals surface area contributed by atoms with Gasteiger partial charge in [0.25, 0.3) is 5.82 Å². The van der Waals surface area contributed by atoms with E-state index in [0.29, 0.717) is 11.3 Å². The van der Waals surface area contributed by atoms with E-state index in [-0.39, 0.29) is 5.82 Å². The van der Waals surface area contributed by atoms with Crippen molar-refractivity contribution in [2.45, 2.75) is 6.92 Å². The zero-order valence-corrected chi connectivity index (χ0v) is 9.91. The number of aromatic nitrogens is 3. The Morgan fingerprint density at radius 1 is 1.50 bits per heavy atom. The number of carbonyl (C=O) groups is 1. The van der Waals surface area contributed by atoms with Crippen LogP contribution in [0.5, 0.6) is 0 Å². The maximum atomic E-state index is 11.2. The molecular formula is C12H10N4O2. The minimum Gasteiger partial charge on any atom is -0.463 e. The number of benzene rings is 1. The first-order valence-electron chi connectivity index (χ1n) is 5.17. The first-order valence-corrected chi connectivity index (χ1v) is 5.17. The zero-order valence-electron chi connectivity index (χ0n) is 9.91. The number of rotatable bonds is 2. The second-order valence-electron chi connectivity index (χ2n) is 3.64. The monoisotopic (exact) mass is 242 g/mol. The molecular weight excluding hydrogens is 232 g/mol. The van der Waals surface area contributed by atoms with Crippen molar-refractivity contribution >= 4 is 5.97 Å². The molecule has 0 spiro atoms. The fourth-order valence-electron chi connectivity index (χ4n) is 1.50. The highest BCUT2D eigenvalue weighted by Crippen LogP contribution is 2.14. The van der Waals surface area contributed by atoms with Crippen LogP contribution in [0.25, 0.3) is 5.69 Å². The van der Waals surface area contributed by atoms with Crippen molar-refractivity contribution in [1.29, 1.82) is 5.26 Å². The number of hydrogen-bond donors (Lipinski definition) is 0. The summed E-state index contributed by atoms with van der Waals surface area (Å²) in [6.45, 7) is 1.89. The quantitative estimate of drug-likeness (QED) is 0.740. The van der Waals surface area contributed by atoms with E-state index in [1.165, 1.54) is 18.1 Å². The molecule has 0 radical (unpaired) electrons. The maximum absolute atomic E-state index is 11.2. The first-order chi connectivity index (χ1) is 8.65. The van der Waals surface area contributed by atoms with Crippen LogP contribution in [0.4, 0.5) is 0 Å². The summed E-state index contributed by atoms with van der Waals surface area (Å²) in [7, 11) is 1.26. The molecule has 0 saturated carbocycles. The molecule has 6 nitrogen and oxygen atoms in total. The number of aryl methyl sites for hydroxylation is 1. The molecule has 0 saturated heterocycles. The van der Waals surface area contributed by atoms with Crippen LogP contribution in [-0.4, -0.2) is 27.8 Å². The Morgan fingerprint density at radius 2 is 2.28 bits per heavy atom. The highest BCUT2D eigenvalue weighted by Gasteiger charge is 2.13. The molecule has 1 aromatic heterocycles. The third-order valence-corrected chi connectivity index (χ3v) is 2.38. The van der Waals surface area contributed by atoms with Crippen LogP contribution >= 0.6 is 0 Å². The Kier molecular flexibility index (Phi) is 3.06. The topological polar surface area (TPSA) is 80.8 Å².